The molecule has 1 aromatic carbocycles. The first-order valence-corrected chi connectivity index (χ1v) is 9.25. The van der Waals surface area contributed by atoms with Crippen molar-refractivity contribution in [3.8, 4) is 5.75 Å². The second-order valence-corrected chi connectivity index (χ2v) is 7.08. The highest BCUT2D eigenvalue weighted by Gasteiger charge is 2.47. The largest absolute Gasteiger partial charge is 0.495 e. The summed E-state index contributed by atoms with van der Waals surface area (Å²) in [7, 11) is 1.45. The van der Waals surface area contributed by atoms with Crippen LogP contribution in [0.4, 0.5) is 24.7 Å². The Morgan fingerprint density at radius 2 is 2.17 bits per heavy atom. The quantitative estimate of drug-likeness (QED) is 0.593. The Bertz CT molecular complexity index is 1070. The molecule has 2 N–H and O–H groups in total. The predicted molar refractivity (Wildman–Crippen MR) is 103 cm³/mol. The molecule has 0 fully saturated rings. The lowest BCUT2D eigenvalue weighted by molar-refractivity contribution is -0.174. The monoisotopic (exact) mass is 440 g/mol. The van der Waals surface area contributed by atoms with E-state index in [4.69, 9.17) is 20.8 Å². The van der Waals surface area contributed by atoms with Crippen molar-refractivity contribution in [2.45, 2.75) is 24.7 Å². The molecule has 1 amide bonds. The van der Waals surface area contributed by atoms with E-state index in [1.807, 2.05) is 0 Å². The molecule has 0 saturated carbocycles. The molecule has 3 aromatic rings. The summed E-state index contributed by atoms with van der Waals surface area (Å²) >= 11 is 6.04. The molecule has 4 rings (SSSR count). The number of aromatic nitrogens is 2. The number of nitrogens with one attached hydrogen (secondary N) is 2. The van der Waals surface area contributed by atoms with E-state index >= 15 is 0 Å². The topological polar surface area (TPSA) is 81.3 Å². The van der Waals surface area contributed by atoms with E-state index in [-0.39, 0.29) is 23.0 Å². The zero-order valence-corrected chi connectivity index (χ0v) is 16.3. The molecule has 3 heterocycles. The number of benzene rings is 1. The number of hydrogen-bond acceptors (Lipinski definition) is 5. The van der Waals surface area contributed by atoms with Gasteiger partial charge in [0.05, 0.1) is 24.4 Å². The van der Waals surface area contributed by atoms with Crippen molar-refractivity contribution in [3.05, 3.63) is 59.1 Å². The van der Waals surface area contributed by atoms with Crippen molar-refractivity contribution in [3.63, 3.8) is 0 Å². The second-order valence-electron chi connectivity index (χ2n) is 6.67. The average Bonchev–Trinajstić information content (AvgIpc) is 3.36. The standard InChI is InChI=1S/C19H16ClF3N4O3/c1-29-14-5-4-10(7-11(14)20)24-18(28)13-9-17-25-12(15-3-2-6-30-15)8-16(19(21,22)23)27(17)26-13/h2-7,9,12,16,25H,8H2,1H3,(H,24,28)/t12-,16-/m1/s1. The molecule has 158 valence electrons. The zero-order valence-electron chi connectivity index (χ0n) is 15.5. The molecule has 0 unspecified atom stereocenters. The van der Waals surface area contributed by atoms with Gasteiger partial charge in [-0.3, -0.25) is 4.79 Å². The van der Waals surface area contributed by atoms with Gasteiger partial charge in [-0.05, 0) is 30.3 Å². The van der Waals surface area contributed by atoms with Crippen molar-refractivity contribution in [2.24, 2.45) is 0 Å². The number of furan rings is 1. The van der Waals surface area contributed by atoms with E-state index in [2.05, 4.69) is 15.7 Å². The lowest BCUT2D eigenvalue weighted by Crippen LogP contribution is -2.35. The minimum Gasteiger partial charge on any atom is -0.495 e. The van der Waals surface area contributed by atoms with Crippen LogP contribution in [-0.2, 0) is 0 Å². The molecule has 11 heteroatoms. The number of anilines is 2. The highest BCUT2D eigenvalue weighted by molar-refractivity contribution is 6.32. The number of ether oxygens (including phenoxy) is 1. The van der Waals surface area contributed by atoms with Crippen LogP contribution in [0, 0.1) is 0 Å². The number of rotatable bonds is 4. The number of methoxy groups -OCH3 is 1. The van der Waals surface area contributed by atoms with Crippen LogP contribution >= 0.6 is 11.6 Å². The number of carbonyl (C=O) groups excluding carboxylic acids is 1. The van der Waals surface area contributed by atoms with Gasteiger partial charge in [0.25, 0.3) is 5.91 Å². The Morgan fingerprint density at radius 3 is 2.80 bits per heavy atom. The van der Waals surface area contributed by atoms with Gasteiger partial charge in [0.1, 0.15) is 17.3 Å². The molecule has 0 bridgehead atoms. The van der Waals surface area contributed by atoms with Gasteiger partial charge in [0, 0.05) is 18.2 Å². The first kappa shape index (κ1) is 20.1. The Labute approximate surface area is 173 Å². The number of alkyl halides is 3. The van der Waals surface area contributed by atoms with Crippen LogP contribution in [0.2, 0.25) is 5.02 Å². The third-order valence-corrected chi connectivity index (χ3v) is 5.01. The summed E-state index contributed by atoms with van der Waals surface area (Å²) in [6.45, 7) is 0. The molecule has 7 nitrogen and oxygen atoms in total. The fourth-order valence-electron chi connectivity index (χ4n) is 3.30. The smallest absolute Gasteiger partial charge is 0.410 e. The molecule has 0 radical (unpaired) electrons. The van der Waals surface area contributed by atoms with E-state index in [1.165, 1.54) is 25.5 Å². The van der Waals surface area contributed by atoms with Gasteiger partial charge >= 0.3 is 6.18 Å². The molecular weight excluding hydrogens is 425 g/mol. The Kier molecular flexibility index (Phi) is 5.10. The number of carbonyl (C=O) groups is 1. The van der Waals surface area contributed by atoms with Gasteiger partial charge in [-0.25, -0.2) is 4.68 Å². The third-order valence-electron chi connectivity index (χ3n) is 4.72. The SMILES string of the molecule is COc1ccc(NC(=O)c2cc3n(n2)[C@@H](C(F)(F)F)C[C@H](c2ccco2)N3)cc1Cl. The minimum absolute atomic E-state index is 0.0721. The van der Waals surface area contributed by atoms with Gasteiger partial charge in [-0.15, -0.1) is 0 Å². The maximum absolute atomic E-state index is 13.7. The lowest BCUT2D eigenvalue weighted by atomic mass is 10.0. The zero-order chi connectivity index (χ0) is 21.5. The van der Waals surface area contributed by atoms with Crippen LogP contribution in [-0.4, -0.2) is 29.0 Å². The van der Waals surface area contributed by atoms with Crippen LogP contribution < -0.4 is 15.4 Å². The Morgan fingerprint density at radius 1 is 1.37 bits per heavy atom. The molecule has 0 saturated heterocycles. The third kappa shape index (κ3) is 3.82. The summed E-state index contributed by atoms with van der Waals surface area (Å²) in [5, 5.41) is 9.70. The summed E-state index contributed by atoms with van der Waals surface area (Å²) in [4.78, 5) is 12.6. The fourth-order valence-corrected chi connectivity index (χ4v) is 3.56. The maximum Gasteiger partial charge on any atom is 0.410 e. The predicted octanol–water partition coefficient (Wildman–Crippen LogP) is 5.05. The highest BCUT2D eigenvalue weighted by Crippen LogP contribution is 2.43. The number of hydrogen-bond donors (Lipinski definition) is 2. The van der Waals surface area contributed by atoms with E-state index < -0.39 is 24.2 Å². The highest BCUT2D eigenvalue weighted by atomic mass is 35.5. The Hall–Kier alpha value is -3.14. The first-order valence-electron chi connectivity index (χ1n) is 8.87. The van der Waals surface area contributed by atoms with Crippen molar-refractivity contribution >= 4 is 29.0 Å². The van der Waals surface area contributed by atoms with Crippen LogP contribution in [0.5, 0.6) is 5.75 Å². The van der Waals surface area contributed by atoms with Crippen LogP contribution in [0.15, 0.2) is 47.1 Å². The molecule has 0 aliphatic carbocycles. The Balaban J connectivity index is 1.61. The van der Waals surface area contributed by atoms with Crippen molar-refractivity contribution < 1.29 is 27.1 Å². The van der Waals surface area contributed by atoms with Gasteiger partial charge in [-0.1, -0.05) is 11.6 Å². The number of amides is 1. The van der Waals surface area contributed by atoms with Crippen molar-refractivity contribution in [2.75, 3.05) is 17.7 Å². The molecule has 1 aliphatic rings. The number of nitrogens with zero attached hydrogens (tertiary/aromatic N) is 2. The molecule has 0 spiro atoms. The molecule has 30 heavy (non-hydrogen) atoms. The maximum atomic E-state index is 13.7. The summed E-state index contributed by atoms with van der Waals surface area (Å²) < 4.78 is 52.1. The second kappa shape index (κ2) is 7.60. The summed E-state index contributed by atoms with van der Waals surface area (Å²) in [6, 6.07) is 6.45. The number of halogens is 4. The molecule has 1 aliphatic heterocycles. The normalized spacial score (nSPS) is 18.4. The minimum atomic E-state index is -4.55. The van der Waals surface area contributed by atoms with Crippen molar-refractivity contribution in [1.82, 2.24) is 9.78 Å². The van der Waals surface area contributed by atoms with Gasteiger partial charge in [0.2, 0.25) is 0 Å². The molecule has 2 atom stereocenters. The summed E-state index contributed by atoms with van der Waals surface area (Å²) in [6.07, 6.45) is -3.48. The summed E-state index contributed by atoms with van der Waals surface area (Å²) in [5.74, 6) is 0.196. The van der Waals surface area contributed by atoms with Crippen LogP contribution in [0.1, 0.15) is 34.8 Å². The summed E-state index contributed by atoms with van der Waals surface area (Å²) in [5.41, 5.74) is 0.185. The fraction of sp³-hybridized carbons (Fsp3) is 0.263. The van der Waals surface area contributed by atoms with E-state index in [1.54, 1.807) is 24.3 Å². The molecular formula is C19H16ClF3N4O3. The van der Waals surface area contributed by atoms with Gasteiger partial charge in [-0.2, -0.15) is 18.3 Å². The van der Waals surface area contributed by atoms with Gasteiger partial charge in [0.15, 0.2) is 11.7 Å². The van der Waals surface area contributed by atoms with Crippen LogP contribution in [0.3, 0.4) is 0 Å². The van der Waals surface area contributed by atoms with Crippen molar-refractivity contribution in [1.29, 1.82) is 0 Å². The van der Waals surface area contributed by atoms with Gasteiger partial charge < -0.3 is 19.8 Å². The number of fused-ring (bicyclic) bond motifs is 1. The molecule has 2 aromatic heterocycles. The lowest BCUT2D eigenvalue weighted by Gasteiger charge is -2.32. The van der Waals surface area contributed by atoms with E-state index in [9.17, 15) is 18.0 Å². The van der Waals surface area contributed by atoms with E-state index in [0.29, 0.717) is 17.2 Å². The first-order chi connectivity index (χ1) is 14.3. The average molecular weight is 441 g/mol. The van der Waals surface area contributed by atoms with Crippen LogP contribution in [0.25, 0.3) is 0 Å². The van der Waals surface area contributed by atoms with E-state index in [0.717, 1.165) is 4.68 Å².